The topological polar surface area (TPSA) is 17.1 Å². The van der Waals surface area contributed by atoms with E-state index in [0.717, 1.165) is 23.3 Å². The van der Waals surface area contributed by atoms with Crippen molar-refractivity contribution in [3.63, 3.8) is 0 Å². The van der Waals surface area contributed by atoms with Crippen molar-refractivity contribution < 1.29 is 4.79 Å². The van der Waals surface area contributed by atoms with E-state index in [2.05, 4.69) is 26.8 Å². The lowest BCUT2D eigenvalue weighted by atomic mass is 9.97. The first-order chi connectivity index (χ1) is 8.65. The van der Waals surface area contributed by atoms with Crippen LogP contribution in [0.3, 0.4) is 0 Å². The molecule has 98 valence electrons. The van der Waals surface area contributed by atoms with Crippen molar-refractivity contribution in [1.82, 2.24) is 0 Å². The Kier molecular flexibility index (Phi) is 4.79. The van der Waals surface area contributed by atoms with Crippen LogP contribution in [0.25, 0.3) is 0 Å². The lowest BCUT2D eigenvalue weighted by Gasteiger charge is -2.29. The monoisotopic (exact) mass is 280 g/mol. The number of hydrogen-bond acceptors (Lipinski definition) is 3. The summed E-state index contributed by atoms with van der Waals surface area (Å²) in [6.45, 7) is 6.32. The Balaban J connectivity index is 2.27. The summed E-state index contributed by atoms with van der Waals surface area (Å²) in [5.41, 5.74) is 3.28. The fraction of sp³-hybridized carbons (Fsp3) is 0.533. The molecule has 0 spiro atoms. The van der Waals surface area contributed by atoms with Gasteiger partial charge in [0.1, 0.15) is 0 Å². The van der Waals surface area contributed by atoms with Crippen LogP contribution in [0.1, 0.15) is 34.8 Å². The summed E-state index contributed by atoms with van der Waals surface area (Å²) < 4.78 is 0. The van der Waals surface area contributed by atoms with Gasteiger partial charge in [0, 0.05) is 22.3 Å². The summed E-state index contributed by atoms with van der Waals surface area (Å²) in [4.78, 5) is 12.7. The molecule has 0 N–H and O–H groups in total. The van der Waals surface area contributed by atoms with Crippen molar-refractivity contribution in [2.75, 3.05) is 11.5 Å². The molecule has 1 nitrogen and oxygen atoms in total. The van der Waals surface area contributed by atoms with Gasteiger partial charge in [-0.15, -0.1) is 11.8 Å². The third kappa shape index (κ3) is 2.77. The summed E-state index contributed by atoms with van der Waals surface area (Å²) in [6.07, 6.45) is 1.08. The molecule has 0 bridgehead atoms. The van der Waals surface area contributed by atoms with Crippen molar-refractivity contribution >= 4 is 29.3 Å². The maximum absolute atomic E-state index is 12.7. The van der Waals surface area contributed by atoms with Crippen LogP contribution in [-0.2, 0) is 0 Å². The fourth-order valence-corrected chi connectivity index (χ4v) is 5.33. The van der Waals surface area contributed by atoms with Gasteiger partial charge < -0.3 is 0 Å². The lowest BCUT2D eigenvalue weighted by molar-refractivity contribution is 0.0987. The molecule has 1 aliphatic rings. The Morgan fingerprint density at radius 2 is 2.00 bits per heavy atom. The van der Waals surface area contributed by atoms with Crippen LogP contribution in [0, 0.1) is 13.8 Å². The van der Waals surface area contributed by atoms with Crippen LogP contribution in [0.15, 0.2) is 18.2 Å². The van der Waals surface area contributed by atoms with Crippen molar-refractivity contribution in [2.24, 2.45) is 0 Å². The molecule has 0 aromatic heterocycles. The number of carbonyl (C=O) groups is 1. The summed E-state index contributed by atoms with van der Waals surface area (Å²) in [7, 11) is 0. The molecule has 1 heterocycles. The van der Waals surface area contributed by atoms with Gasteiger partial charge in [-0.25, -0.2) is 0 Å². The minimum Gasteiger partial charge on any atom is -0.293 e. The molecular formula is C15H20OS2. The minimum absolute atomic E-state index is 0.147. The smallest absolute Gasteiger partial charge is 0.177 e. The van der Waals surface area contributed by atoms with Crippen LogP contribution in [0.4, 0.5) is 0 Å². The number of rotatable bonds is 3. The average molecular weight is 280 g/mol. The first-order valence-corrected chi connectivity index (χ1v) is 8.58. The Hall–Kier alpha value is -0.410. The first-order valence-electron chi connectivity index (χ1n) is 6.48. The van der Waals surface area contributed by atoms with Crippen molar-refractivity contribution in [2.45, 2.75) is 37.7 Å². The fourth-order valence-electron chi connectivity index (χ4n) is 2.32. The molecule has 2 rings (SSSR count). The number of benzene rings is 1. The third-order valence-electron chi connectivity index (χ3n) is 3.58. The van der Waals surface area contributed by atoms with Crippen LogP contribution >= 0.6 is 23.5 Å². The molecule has 3 heteroatoms. The van der Waals surface area contributed by atoms with E-state index in [1.165, 1.54) is 11.3 Å². The summed E-state index contributed by atoms with van der Waals surface area (Å²) >= 11 is 3.81. The number of aryl methyl sites for hydroxylation is 1. The van der Waals surface area contributed by atoms with Gasteiger partial charge in [0.15, 0.2) is 5.78 Å². The molecule has 2 unspecified atom stereocenters. The van der Waals surface area contributed by atoms with Gasteiger partial charge in [0.25, 0.3) is 0 Å². The predicted octanol–water partition coefficient (Wildman–Crippen LogP) is 4.11. The highest BCUT2D eigenvalue weighted by Crippen LogP contribution is 2.35. The molecule has 1 aliphatic heterocycles. The second kappa shape index (κ2) is 6.16. The zero-order valence-electron chi connectivity index (χ0n) is 11.2. The molecule has 0 radical (unpaired) electrons. The van der Waals surface area contributed by atoms with E-state index in [0.29, 0.717) is 11.0 Å². The van der Waals surface area contributed by atoms with Gasteiger partial charge in [0.2, 0.25) is 0 Å². The molecule has 0 saturated carbocycles. The van der Waals surface area contributed by atoms with Gasteiger partial charge in [-0.05, 0) is 31.4 Å². The quantitative estimate of drug-likeness (QED) is 0.776. The summed E-state index contributed by atoms with van der Waals surface area (Å²) in [5, 5.41) is 0.630. The van der Waals surface area contributed by atoms with Gasteiger partial charge in [-0.1, -0.05) is 25.1 Å². The maximum atomic E-state index is 12.7. The van der Waals surface area contributed by atoms with Crippen LogP contribution in [-0.4, -0.2) is 27.8 Å². The Labute approximate surface area is 118 Å². The molecule has 0 aliphatic carbocycles. The average Bonchev–Trinajstić information content (AvgIpc) is 2.41. The standard InChI is InChI=1S/C15H20OS2/c1-4-13-15(18-9-8-17-13)14(16)12-7-5-6-10(2)11(12)3/h5-7,13,15H,4,8-9H2,1-3H3. The first kappa shape index (κ1) is 14.0. The Bertz CT molecular complexity index is 442. The van der Waals surface area contributed by atoms with Crippen LogP contribution in [0.2, 0.25) is 0 Å². The van der Waals surface area contributed by atoms with Gasteiger partial charge in [-0.3, -0.25) is 4.79 Å². The van der Waals surface area contributed by atoms with Crippen molar-refractivity contribution in [3.05, 3.63) is 34.9 Å². The molecular weight excluding hydrogens is 260 g/mol. The van der Waals surface area contributed by atoms with E-state index in [4.69, 9.17) is 0 Å². The summed E-state index contributed by atoms with van der Waals surface area (Å²) in [5.74, 6) is 2.61. The molecule has 1 fully saturated rings. The third-order valence-corrected chi connectivity index (χ3v) is 6.83. The van der Waals surface area contributed by atoms with E-state index in [1.807, 2.05) is 35.7 Å². The van der Waals surface area contributed by atoms with E-state index in [1.54, 1.807) is 0 Å². The van der Waals surface area contributed by atoms with Crippen LogP contribution in [0.5, 0.6) is 0 Å². The molecule has 1 aromatic rings. The van der Waals surface area contributed by atoms with Crippen molar-refractivity contribution in [3.8, 4) is 0 Å². The second-order valence-electron chi connectivity index (χ2n) is 4.72. The lowest BCUT2D eigenvalue weighted by Crippen LogP contribution is -2.33. The van der Waals surface area contributed by atoms with Gasteiger partial charge in [0.05, 0.1) is 5.25 Å². The SMILES string of the molecule is CCC1SCCSC1C(=O)c1cccc(C)c1C. The number of Topliss-reactive ketones (excluding diaryl/α,β-unsaturated/α-hetero) is 1. The van der Waals surface area contributed by atoms with Gasteiger partial charge in [-0.2, -0.15) is 11.8 Å². The molecule has 2 atom stereocenters. The highest BCUT2D eigenvalue weighted by molar-refractivity contribution is 8.07. The van der Waals surface area contributed by atoms with Crippen LogP contribution < -0.4 is 0 Å². The molecule has 18 heavy (non-hydrogen) atoms. The number of hydrogen-bond donors (Lipinski definition) is 0. The molecule has 0 amide bonds. The molecule has 1 aromatic carbocycles. The van der Waals surface area contributed by atoms with Gasteiger partial charge >= 0.3 is 0 Å². The highest BCUT2D eigenvalue weighted by atomic mass is 32.2. The minimum atomic E-state index is 0.147. The maximum Gasteiger partial charge on any atom is 0.177 e. The van der Waals surface area contributed by atoms with E-state index < -0.39 is 0 Å². The zero-order chi connectivity index (χ0) is 13.1. The number of thioether (sulfide) groups is 2. The second-order valence-corrected chi connectivity index (χ2v) is 7.32. The zero-order valence-corrected chi connectivity index (χ0v) is 12.9. The largest absolute Gasteiger partial charge is 0.293 e. The summed E-state index contributed by atoms with van der Waals surface area (Å²) in [6, 6.07) is 6.06. The van der Waals surface area contributed by atoms with Crippen molar-refractivity contribution in [1.29, 1.82) is 0 Å². The number of ketones is 1. The van der Waals surface area contributed by atoms with E-state index in [-0.39, 0.29) is 5.25 Å². The highest BCUT2D eigenvalue weighted by Gasteiger charge is 2.32. The normalized spacial score (nSPS) is 23.9. The Morgan fingerprint density at radius 1 is 1.28 bits per heavy atom. The molecule has 1 saturated heterocycles. The Morgan fingerprint density at radius 3 is 2.72 bits per heavy atom. The van der Waals surface area contributed by atoms with E-state index >= 15 is 0 Å². The predicted molar refractivity (Wildman–Crippen MR) is 83.0 cm³/mol. The van der Waals surface area contributed by atoms with E-state index in [9.17, 15) is 4.79 Å². The number of carbonyl (C=O) groups excluding carboxylic acids is 1.